The van der Waals surface area contributed by atoms with Crippen LogP contribution in [-0.4, -0.2) is 82.3 Å². The number of aliphatic hydroxyl groups excluding tert-OH is 1. The van der Waals surface area contributed by atoms with Gasteiger partial charge in [-0.05, 0) is 32.9 Å². The van der Waals surface area contributed by atoms with Crippen LogP contribution in [0.15, 0.2) is 36.7 Å². The van der Waals surface area contributed by atoms with Crippen LogP contribution >= 0.6 is 7.75 Å². The van der Waals surface area contributed by atoms with Crippen LogP contribution in [0.25, 0.3) is 11.2 Å². The number of ether oxygens (including phenoxy) is 2. The number of imidazole rings is 1. The zero-order chi connectivity index (χ0) is 28.5. The molecule has 13 nitrogen and oxygen atoms in total. The number of nitrogens with one attached hydrogen (secondary N) is 1. The zero-order valence-electron chi connectivity index (χ0n) is 22.4. The molecule has 0 bridgehead atoms. The molecule has 0 unspecified atom stereocenters. The highest BCUT2D eigenvalue weighted by Crippen LogP contribution is 2.48. The largest absolute Gasteiger partial charge is 0.468 e. The molecule has 1 saturated heterocycles. The number of nitrogens with zero attached hydrogens (tertiary/aromatic N) is 5. The number of fused-ring (bicyclic) bond motifs is 1. The van der Waals surface area contributed by atoms with E-state index >= 15 is 4.39 Å². The summed E-state index contributed by atoms with van der Waals surface area (Å²) in [6.07, 6.45) is -2.92. The Morgan fingerprint density at radius 3 is 2.67 bits per heavy atom. The Labute approximate surface area is 224 Å². The van der Waals surface area contributed by atoms with Crippen LogP contribution in [0.1, 0.15) is 25.9 Å². The quantitative estimate of drug-likeness (QED) is 0.274. The molecule has 2 aromatic heterocycles. The second-order valence-corrected chi connectivity index (χ2v) is 11.2. The summed E-state index contributed by atoms with van der Waals surface area (Å²) in [5.41, 5.74) is -1.56. The molecule has 2 N–H and O–H groups in total. The van der Waals surface area contributed by atoms with Crippen molar-refractivity contribution in [3.63, 3.8) is 0 Å². The van der Waals surface area contributed by atoms with E-state index in [9.17, 15) is 14.5 Å². The van der Waals surface area contributed by atoms with Gasteiger partial charge in [0, 0.05) is 14.1 Å². The lowest BCUT2D eigenvalue weighted by molar-refractivity contribution is -0.142. The number of aromatic nitrogens is 4. The van der Waals surface area contributed by atoms with E-state index in [1.54, 1.807) is 56.3 Å². The van der Waals surface area contributed by atoms with Gasteiger partial charge in [-0.2, -0.15) is 5.09 Å². The number of methoxy groups -OCH3 is 1. The van der Waals surface area contributed by atoms with Crippen LogP contribution in [0, 0.1) is 6.92 Å². The highest BCUT2D eigenvalue weighted by molar-refractivity contribution is 7.52. The van der Waals surface area contributed by atoms with Gasteiger partial charge >= 0.3 is 13.7 Å². The number of hydrogen-bond donors (Lipinski definition) is 2. The summed E-state index contributed by atoms with van der Waals surface area (Å²) in [7, 11) is 0.544. The summed E-state index contributed by atoms with van der Waals surface area (Å²) in [6, 6.07) is 7.09. The molecule has 1 aliphatic heterocycles. The predicted octanol–water partition coefficient (Wildman–Crippen LogP) is 2.54. The maximum Gasteiger partial charge on any atom is 0.459 e. The van der Waals surface area contributed by atoms with E-state index in [1.807, 2.05) is 0 Å². The number of aliphatic hydroxyl groups is 1. The van der Waals surface area contributed by atoms with Crippen molar-refractivity contribution in [2.24, 2.45) is 0 Å². The molecule has 1 fully saturated rings. The molecule has 39 heavy (non-hydrogen) atoms. The molecule has 3 heterocycles. The molecule has 1 aromatic carbocycles. The lowest BCUT2D eigenvalue weighted by atomic mass is 9.98. The van der Waals surface area contributed by atoms with Gasteiger partial charge in [0.25, 0.3) is 0 Å². The van der Waals surface area contributed by atoms with Crippen molar-refractivity contribution < 1.29 is 37.4 Å². The fourth-order valence-electron chi connectivity index (χ4n) is 4.19. The molecule has 4 rings (SSSR count). The van der Waals surface area contributed by atoms with E-state index < -0.39 is 50.5 Å². The van der Waals surface area contributed by atoms with E-state index in [0.717, 1.165) is 0 Å². The molecular formula is C24H32FN6O7P. The standard InChI is InChI=1S/C24H32FN6O7P/c1-14(22(33)35-6)29-39(34,38-16-10-8-7-9-11-16)36-12-17-19(32)24(3,25)23(37-17)31-13-26-18-20(30(4)5)27-15(2)28-21(18)31/h7-11,13-14,17,19,23,32H,12H2,1-6H3,(H,29,34)/t14-,17-,19-,23-,24-,39+/m1/s1. The Morgan fingerprint density at radius 2 is 2.03 bits per heavy atom. The zero-order valence-corrected chi connectivity index (χ0v) is 23.3. The topological polar surface area (TPSA) is 150 Å². The van der Waals surface area contributed by atoms with E-state index in [-0.39, 0.29) is 5.75 Å². The minimum atomic E-state index is -4.24. The van der Waals surface area contributed by atoms with Gasteiger partial charge in [-0.25, -0.2) is 23.9 Å². The number of aryl methyl sites for hydroxylation is 1. The maximum absolute atomic E-state index is 16.0. The normalized spacial score (nSPS) is 25.3. The van der Waals surface area contributed by atoms with Crippen LogP contribution in [0.3, 0.4) is 0 Å². The Balaban J connectivity index is 1.59. The number of halogens is 1. The molecule has 15 heteroatoms. The third-order valence-corrected chi connectivity index (χ3v) is 7.84. The first-order chi connectivity index (χ1) is 18.4. The maximum atomic E-state index is 16.0. The first kappa shape index (κ1) is 28.8. The number of rotatable bonds is 10. The number of benzene rings is 1. The summed E-state index contributed by atoms with van der Waals surface area (Å²) in [5, 5.41) is 13.4. The third-order valence-electron chi connectivity index (χ3n) is 6.19. The summed E-state index contributed by atoms with van der Waals surface area (Å²) in [6.45, 7) is 3.77. The van der Waals surface area contributed by atoms with Crippen molar-refractivity contribution in [1.29, 1.82) is 0 Å². The lowest BCUT2D eigenvalue weighted by Crippen LogP contribution is -2.41. The highest BCUT2D eigenvalue weighted by Gasteiger charge is 2.56. The molecule has 3 aromatic rings. The molecular weight excluding hydrogens is 534 g/mol. The minimum Gasteiger partial charge on any atom is -0.468 e. The van der Waals surface area contributed by atoms with Crippen LogP contribution in [0.5, 0.6) is 5.75 Å². The average molecular weight is 567 g/mol. The molecule has 212 valence electrons. The van der Waals surface area contributed by atoms with Crippen molar-refractivity contribution in [3.8, 4) is 5.75 Å². The van der Waals surface area contributed by atoms with Crippen LogP contribution in [0.2, 0.25) is 0 Å². The monoisotopic (exact) mass is 566 g/mol. The van der Waals surface area contributed by atoms with Crippen LogP contribution in [0.4, 0.5) is 10.2 Å². The summed E-state index contributed by atoms with van der Waals surface area (Å²) < 4.78 is 52.7. The van der Waals surface area contributed by atoms with Crippen molar-refractivity contribution in [2.75, 3.05) is 32.7 Å². The number of hydrogen-bond acceptors (Lipinski definition) is 11. The van der Waals surface area contributed by atoms with E-state index in [4.69, 9.17) is 13.8 Å². The highest BCUT2D eigenvalue weighted by atomic mass is 31.2. The van der Waals surface area contributed by atoms with Gasteiger partial charge in [-0.1, -0.05) is 18.2 Å². The fraction of sp³-hybridized carbons (Fsp3) is 0.500. The van der Waals surface area contributed by atoms with E-state index in [0.29, 0.717) is 22.8 Å². The summed E-state index contributed by atoms with van der Waals surface area (Å²) in [4.78, 5) is 26.9. The SMILES string of the molecule is COC(=O)[C@@H](C)N[P@](=O)(OC[C@H]1O[C@@H](n2cnc3c(N(C)C)nc(C)nc32)[C@](C)(F)[C@@H]1O)Oc1ccccc1. The minimum absolute atomic E-state index is 0.197. The summed E-state index contributed by atoms with van der Waals surface area (Å²) >= 11 is 0. The van der Waals surface area contributed by atoms with Gasteiger partial charge in [0.2, 0.25) is 0 Å². The molecule has 0 amide bonds. The van der Waals surface area contributed by atoms with Gasteiger partial charge in [0.05, 0.1) is 20.0 Å². The van der Waals surface area contributed by atoms with Crippen LogP contribution in [-0.2, 0) is 23.4 Å². The van der Waals surface area contributed by atoms with Gasteiger partial charge in [0.15, 0.2) is 28.9 Å². The number of esters is 1. The predicted molar refractivity (Wildman–Crippen MR) is 139 cm³/mol. The summed E-state index contributed by atoms with van der Waals surface area (Å²) in [5.74, 6) is 0.477. The van der Waals surface area contributed by atoms with Gasteiger partial charge < -0.3 is 24.0 Å². The number of para-hydroxylation sites is 1. The molecule has 1 aliphatic rings. The van der Waals surface area contributed by atoms with Crippen molar-refractivity contribution in [1.82, 2.24) is 24.6 Å². The molecule has 0 aliphatic carbocycles. The third kappa shape index (κ3) is 5.89. The first-order valence-electron chi connectivity index (χ1n) is 12.1. The Kier molecular flexibility index (Phi) is 8.24. The van der Waals surface area contributed by atoms with Gasteiger partial charge in [-0.15, -0.1) is 0 Å². The second-order valence-electron chi connectivity index (χ2n) is 9.51. The molecule has 0 saturated carbocycles. The Bertz CT molecular complexity index is 1370. The Hall–Kier alpha value is -3.16. The smallest absolute Gasteiger partial charge is 0.459 e. The number of carbonyl (C=O) groups excluding carboxylic acids is 1. The molecule has 0 spiro atoms. The van der Waals surface area contributed by atoms with Crippen LogP contribution < -0.4 is 14.5 Å². The number of carbonyl (C=O) groups is 1. The number of anilines is 1. The van der Waals surface area contributed by atoms with Gasteiger partial charge in [-0.3, -0.25) is 13.9 Å². The van der Waals surface area contributed by atoms with Crippen molar-refractivity contribution in [2.45, 2.75) is 50.9 Å². The van der Waals surface area contributed by atoms with Crippen molar-refractivity contribution in [3.05, 3.63) is 42.5 Å². The first-order valence-corrected chi connectivity index (χ1v) is 13.7. The number of alkyl halides is 1. The van der Waals surface area contributed by atoms with E-state index in [2.05, 4.69) is 24.8 Å². The Morgan fingerprint density at radius 1 is 1.33 bits per heavy atom. The fourth-order valence-corrected chi connectivity index (χ4v) is 5.69. The van der Waals surface area contributed by atoms with Gasteiger partial charge in [0.1, 0.15) is 29.8 Å². The molecule has 0 radical (unpaired) electrons. The lowest BCUT2D eigenvalue weighted by Gasteiger charge is -2.25. The molecule has 6 atom stereocenters. The van der Waals surface area contributed by atoms with E-state index in [1.165, 1.54) is 31.9 Å². The second kappa shape index (κ2) is 11.1. The van der Waals surface area contributed by atoms with Crippen molar-refractivity contribution >= 4 is 30.7 Å². The average Bonchev–Trinajstić information content (AvgIpc) is 3.39.